The van der Waals surface area contributed by atoms with Gasteiger partial charge in [0.2, 0.25) is 11.6 Å². The van der Waals surface area contributed by atoms with Gasteiger partial charge in [0.25, 0.3) is 5.91 Å². The van der Waals surface area contributed by atoms with E-state index in [-0.39, 0.29) is 12.3 Å². The number of anilines is 1. The van der Waals surface area contributed by atoms with Crippen LogP contribution in [0.1, 0.15) is 58.4 Å². The lowest BCUT2D eigenvalue weighted by Gasteiger charge is -2.60. The Balaban J connectivity index is 1.60. The summed E-state index contributed by atoms with van der Waals surface area (Å²) in [7, 11) is 1.58. The van der Waals surface area contributed by atoms with Gasteiger partial charge in [-0.15, -0.1) is 0 Å². The number of ether oxygens (including phenoxy) is 1. The molecule has 7 atom stereocenters. The molecule has 10 heteroatoms. The van der Waals surface area contributed by atoms with E-state index in [1.54, 1.807) is 13.2 Å². The molecule has 0 aliphatic carbocycles. The van der Waals surface area contributed by atoms with Crippen molar-refractivity contribution in [2.24, 2.45) is 0 Å². The number of rotatable bonds is 2. The number of carbonyl (C=O) groups excluding carboxylic acids is 2. The number of aliphatic hydroxyl groups is 2. The molecule has 10 nitrogen and oxygen atoms in total. The number of fused-ring (bicyclic) bond motifs is 6. The van der Waals surface area contributed by atoms with Gasteiger partial charge >= 0.3 is 0 Å². The lowest BCUT2D eigenvalue weighted by molar-refractivity contribution is -0.380. The first-order valence-corrected chi connectivity index (χ1v) is 13.0. The number of hydrogen-bond donors (Lipinski definition) is 2. The highest BCUT2D eigenvalue weighted by Crippen LogP contribution is 2.56. The largest absolute Gasteiger partial charge is 0.497 e. The molecule has 0 radical (unpaired) electrons. The Morgan fingerprint density at radius 1 is 1.24 bits per heavy atom. The fourth-order valence-electron chi connectivity index (χ4n) is 7.13. The van der Waals surface area contributed by atoms with E-state index in [1.807, 2.05) is 50.8 Å². The molecular weight excluding hydrogens is 478 g/mol. The van der Waals surface area contributed by atoms with Crippen LogP contribution in [0.25, 0.3) is 0 Å². The van der Waals surface area contributed by atoms with Crippen LogP contribution < -0.4 is 9.64 Å². The van der Waals surface area contributed by atoms with Crippen LogP contribution in [0.4, 0.5) is 5.69 Å². The molecule has 4 saturated heterocycles. The van der Waals surface area contributed by atoms with Crippen LogP contribution in [0.3, 0.4) is 0 Å². The van der Waals surface area contributed by atoms with Crippen LogP contribution in [0.15, 0.2) is 29.8 Å². The maximum Gasteiger partial charge on any atom is 0.279 e. The van der Waals surface area contributed by atoms with Crippen molar-refractivity contribution in [2.45, 2.75) is 94.7 Å². The summed E-state index contributed by atoms with van der Waals surface area (Å²) >= 11 is 0. The van der Waals surface area contributed by atoms with Crippen molar-refractivity contribution in [1.82, 2.24) is 9.80 Å². The highest BCUT2D eigenvalue weighted by atomic mass is 17.2. The van der Waals surface area contributed by atoms with Gasteiger partial charge in [0.05, 0.1) is 19.2 Å². The Labute approximate surface area is 216 Å². The number of hydrogen-bond acceptors (Lipinski definition) is 8. The summed E-state index contributed by atoms with van der Waals surface area (Å²) in [4.78, 5) is 44.6. The Morgan fingerprint density at radius 2 is 2.00 bits per heavy atom. The molecule has 2 N–H and O–H groups in total. The zero-order valence-electron chi connectivity index (χ0n) is 21.9. The minimum absolute atomic E-state index is 0.290. The van der Waals surface area contributed by atoms with E-state index in [4.69, 9.17) is 14.5 Å². The van der Waals surface area contributed by atoms with E-state index in [0.29, 0.717) is 25.1 Å². The topological polar surface area (TPSA) is 112 Å². The summed E-state index contributed by atoms with van der Waals surface area (Å²) in [5, 5.41) is 24.0. The number of amides is 2. The smallest absolute Gasteiger partial charge is 0.279 e. The van der Waals surface area contributed by atoms with Gasteiger partial charge in [0, 0.05) is 30.6 Å². The normalized spacial score (nSPS) is 37.8. The summed E-state index contributed by atoms with van der Waals surface area (Å²) in [6.07, 6.45) is 1.22. The number of allylic oxidation sites excluding steroid dienone is 1. The van der Waals surface area contributed by atoms with E-state index in [1.165, 1.54) is 9.80 Å². The lowest BCUT2D eigenvalue weighted by atomic mass is 9.71. The average Bonchev–Trinajstić information content (AvgIpc) is 3.46. The predicted octanol–water partition coefficient (Wildman–Crippen LogP) is 1.66. The number of nitrogens with zero attached hydrogens (tertiary/aromatic N) is 3. The SMILES string of the molecule is COc1ccc2c(c1)N1C(C=C(C)C)OOC(C)(C)CC3C1C2C(O)C1(O)C(=O)N2CCCC2C(=O)N31. The third-order valence-electron chi connectivity index (χ3n) is 8.58. The van der Waals surface area contributed by atoms with Crippen molar-refractivity contribution in [1.29, 1.82) is 0 Å². The molecule has 37 heavy (non-hydrogen) atoms. The van der Waals surface area contributed by atoms with Crippen molar-refractivity contribution in [3.8, 4) is 5.75 Å². The Hall–Kier alpha value is -2.66. The number of piperazine rings is 1. The maximum absolute atomic E-state index is 14.0. The molecule has 4 fully saturated rings. The van der Waals surface area contributed by atoms with Crippen molar-refractivity contribution in [3.05, 3.63) is 35.4 Å². The molecule has 6 rings (SSSR count). The molecule has 200 valence electrons. The van der Waals surface area contributed by atoms with Crippen LogP contribution in [-0.4, -0.2) is 87.3 Å². The van der Waals surface area contributed by atoms with Crippen LogP contribution >= 0.6 is 0 Å². The van der Waals surface area contributed by atoms with Gasteiger partial charge in [0.15, 0.2) is 6.23 Å². The van der Waals surface area contributed by atoms with Crippen LogP contribution in [0.5, 0.6) is 5.75 Å². The molecule has 0 aromatic heterocycles. The van der Waals surface area contributed by atoms with Crippen molar-refractivity contribution in [2.75, 3.05) is 18.6 Å². The number of carbonyl (C=O) groups is 2. The molecule has 7 unspecified atom stereocenters. The van der Waals surface area contributed by atoms with E-state index >= 15 is 0 Å². The fourth-order valence-corrected chi connectivity index (χ4v) is 7.13. The molecule has 1 aromatic rings. The predicted molar refractivity (Wildman–Crippen MR) is 132 cm³/mol. The molecule has 0 saturated carbocycles. The molecule has 0 bridgehead atoms. The average molecular weight is 514 g/mol. The van der Waals surface area contributed by atoms with E-state index in [0.717, 1.165) is 16.8 Å². The van der Waals surface area contributed by atoms with Crippen molar-refractivity contribution < 1.29 is 34.3 Å². The van der Waals surface area contributed by atoms with E-state index < -0.39 is 53.6 Å². The lowest BCUT2D eigenvalue weighted by Crippen LogP contribution is -2.82. The Kier molecular flexibility index (Phi) is 5.44. The van der Waals surface area contributed by atoms with Crippen molar-refractivity contribution in [3.63, 3.8) is 0 Å². The van der Waals surface area contributed by atoms with Gasteiger partial charge in [0.1, 0.15) is 23.5 Å². The van der Waals surface area contributed by atoms with Gasteiger partial charge in [-0.1, -0.05) is 11.6 Å². The summed E-state index contributed by atoms with van der Waals surface area (Å²) in [6.45, 7) is 8.04. The first-order chi connectivity index (χ1) is 17.5. The molecule has 5 aliphatic heterocycles. The second kappa shape index (κ2) is 8.17. The van der Waals surface area contributed by atoms with Gasteiger partial charge in [-0.3, -0.25) is 14.5 Å². The van der Waals surface area contributed by atoms with Gasteiger partial charge in [-0.05, 0) is 58.2 Å². The quantitative estimate of drug-likeness (QED) is 0.454. The zero-order valence-corrected chi connectivity index (χ0v) is 21.9. The fraction of sp³-hybridized carbons (Fsp3) is 0.630. The Bertz CT molecular complexity index is 1180. The first kappa shape index (κ1) is 24.7. The number of benzene rings is 1. The first-order valence-electron chi connectivity index (χ1n) is 13.0. The van der Waals surface area contributed by atoms with Crippen LogP contribution in [0.2, 0.25) is 0 Å². The zero-order chi connectivity index (χ0) is 26.4. The molecule has 1 aromatic carbocycles. The third-order valence-corrected chi connectivity index (χ3v) is 8.58. The van der Waals surface area contributed by atoms with E-state index in [9.17, 15) is 19.8 Å². The summed E-state index contributed by atoms with van der Waals surface area (Å²) in [5.74, 6) is -0.973. The highest BCUT2D eigenvalue weighted by molar-refractivity contribution is 6.00. The minimum atomic E-state index is -2.38. The second-order valence-corrected chi connectivity index (χ2v) is 11.7. The standard InChI is InChI=1S/C27H35N3O7/c1-14(2)11-20-29-18-12-15(35-5)8-9-16(18)21-22(29)19(13-26(3,4)37-36-20)30-24(32)17-7-6-10-28(17)25(33)27(30,34)23(21)31/h8-9,11-12,17,19-23,31,34H,6-7,10,13H2,1-5H3. The van der Waals surface area contributed by atoms with Crippen LogP contribution in [-0.2, 0) is 19.4 Å². The van der Waals surface area contributed by atoms with Crippen molar-refractivity contribution >= 4 is 17.5 Å². The molecule has 5 heterocycles. The number of piperidine rings is 1. The van der Waals surface area contributed by atoms with E-state index in [2.05, 4.69) is 0 Å². The third kappa shape index (κ3) is 3.32. The molecule has 0 spiro atoms. The molecule has 5 aliphatic rings. The summed E-state index contributed by atoms with van der Waals surface area (Å²) in [6, 6.07) is 3.78. The number of aliphatic hydroxyl groups excluding tert-OH is 1. The van der Waals surface area contributed by atoms with Gasteiger partial charge < -0.3 is 24.7 Å². The number of methoxy groups -OCH3 is 1. The van der Waals surface area contributed by atoms with Gasteiger partial charge in [-0.2, -0.15) is 0 Å². The van der Waals surface area contributed by atoms with Gasteiger partial charge in [-0.25, -0.2) is 9.78 Å². The molecular formula is C27H35N3O7. The van der Waals surface area contributed by atoms with Crippen LogP contribution in [0, 0.1) is 0 Å². The minimum Gasteiger partial charge on any atom is -0.497 e. The summed E-state index contributed by atoms with van der Waals surface area (Å²) in [5.41, 5.74) is -0.723. The Morgan fingerprint density at radius 3 is 2.70 bits per heavy atom. The monoisotopic (exact) mass is 513 g/mol. The maximum atomic E-state index is 14.0. The molecule has 2 amide bonds. The summed E-state index contributed by atoms with van der Waals surface area (Å²) < 4.78 is 5.51. The highest BCUT2D eigenvalue weighted by Gasteiger charge is 2.71. The second-order valence-electron chi connectivity index (χ2n) is 11.7.